The van der Waals surface area contributed by atoms with Crippen LogP contribution >= 0.6 is 0 Å². The predicted molar refractivity (Wildman–Crippen MR) is 125 cm³/mol. The van der Waals surface area contributed by atoms with Crippen LogP contribution in [0.2, 0.25) is 0 Å². The van der Waals surface area contributed by atoms with Crippen molar-refractivity contribution >= 4 is 0 Å². The Bertz CT molecular complexity index is 530. The van der Waals surface area contributed by atoms with E-state index in [2.05, 4.69) is 56.0 Å². The van der Waals surface area contributed by atoms with Crippen molar-refractivity contribution in [1.82, 2.24) is 0 Å². The molecule has 2 rings (SSSR count). The average Bonchev–Trinajstić information content (AvgIpc) is 3.06. The lowest BCUT2D eigenvalue weighted by Gasteiger charge is -2.21. The molecule has 0 bridgehead atoms. The number of hydrogen-bond donors (Lipinski definition) is 1. The molecule has 0 saturated heterocycles. The molecule has 0 heterocycles. The van der Waals surface area contributed by atoms with Gasteiger partial charge in [-0.3, -0.25) is 0 Å². The normalized spacial score (nSPS) is 21.5. The van der Waals surface area contributed by atoms with E-state index in [-0.39, 0.29) is 6.10 Å². The van der Waals surface area contributed by atoms with Crippen molar-refractivity contribution in [3.8, 4) is 0 Å². The monoisotopic (exact) mass is 384 g/mol. The Morgan fingerprint density at radius 3 is 2.50 bits per heavy atom. The third-order valence-electron chi connectivity index (χ3n) is 5.86. The first-order valence-electron chi connectivity index (χ1n) is 11.7. The van der Waals surface area contributed by atoms with Crippen LogP contribution in [-0.2, 0) is 6.42 Å². The molecule has 1 unspecified atom stereocenters. The van der Waals surface area contributed by atoms with E-state index in [1.807, 2.05) is 13.8 Å². The van der Waals surface area contributed by atoms with E-state index in [1.165, 1.54) is 56.1 Å². The van der Waals surface area contributed by atoms with Gasteiger partial charge in [0.25, 0.3) is 0 Å². The summed E-state index contributed by atoms with van der Waals surface area (Å²) in [5, 5.41) is 10.4. The van der Waals surface area contributed by atoms with Crippen molar-refractivity contribution in [2.45, 2.75) is 97.5 Å². The van der Waals surface area contributed by atoms with E-state index in [4.69, 9.17) is 0 Å². The first-order chi connectivity index (χ1) is 13.7. The van der Waals surface area contributed by atoms with E-state index in [9.17, 15) is 5.11 Å². The van der Waals surface area contributed by atoms with Gasteiger partial charge >= 0.3 is 0 Å². The van der Waals surface area contributed by atoms with Crippen LogP contribution in [-0.4, -0.2) is 11.2 Å². The summed E-state index contributed by atoms with van der Waals surface area (Å²) in [5.74, 6) is 1.21. The van der Waals surface area contributed by atoms with Crippen molar-refractivity contribution < 1.29 is 5.11 Å². The standard InChI is InChI=1S/C25H38O.C2H6/c1-21(2)13-7-3-4-11-17-23-19-20-25(26)24(23)18-12-6-10-16-22-14-8-5-9-15-22;1-2/h4-5,8-9,11,14-15,23-26H,1,3,6-7,10,12-13,16-20H2,2H3;1-2H3/b11-4-;/t23-,24?,25+;/m0./s1. The molecule has 1 nitrogen and oxygen atoms in total. The van der Waals surface area contributed by atoms with Gasteiger partial charge in [-0.05, 0) is 82.1 Å². The van der Waals surface area contributed by atoms with Crippen LogP contribution in [0.3, 0.4) is 0 Å². The Morgan fingerprint density at radius 2 is 1.79 bits per heavy atom. The molecule has 1 heteroatoms. The summed E-state index contributed by atoms with van der Waals surface area (Å²) in [6.45, 7) is 10.1. The molecule has 0 aliphatic heterocycles. The average molecular weight is 385 g/mol. The van der Waals surface area contributed by atoms with E-state index in [1.54, 1.807) is 0 Å². The lowest BCUT2D eigenvalue weighted by atomic mass is 9.87. The highest BCUT2D eigenvalue weighted by Crippen LogP contribution is 2.38. The van der Waals surface area contributed by atoms with Crippen molar-refractivity contribution in [3.05, 3.63) is 60.2 Å². The Hall–Kier alpha value is -1.34. The zero-order valence-electron chi connectivity index (χ0n) is 18.7. The Balaban J connectivity index is 0.00000190. The Labute approximate surface area is 175 Å². The van der Waals surface area contributed by atoms with Crippen molar-refractivity contribution in [2.75, 3.05) is 0 Å². The lowest BCUT2D eigenvalue weighted by Crippen LogP contribution is -2.18. The molecule has 0 radical (unpaired) electrons. The molecular formula is C27H44O. The largest absolute Gasteiger partial charge is 0.393 e. The lowest BCUT2D eigenvalue weighted by molar-refractivity contribution is 0.110. The first kappa shape index (κ1) is 24.7. The fourth-order valence-electron chi connectivity index (χ4n) is 4.29. The van der Waals surface area contributed by atoms with Gasteiger partial charge in [0.2, 0.25) is 0 Å². The highest BCUT2D eigenvalue weighted by atomic mass is 16.3. The van der Waals surface area contributed by atoms with Gasteiger partial charge in [-0.2, -0.15) is 0 Å². The summed E-state index contributed by atoms with van der Waals surface area (Å²) < 4.78 is 0. The molecule has 0 amide bonds. The van der Waals surface area contributed by atoms with Gasteiger partial charge in [-0.1, -0.05) is 74.7 Å². The number of allylic oxidation sites excluding steroid dienone is 3. The molecule has 158 valence electrons. The number of rotatable bonds is 12. The number of unbranched alkanes of at least 4 members (excludes halogenated alkanes) is 3. The van der Waals surface area contributed by atoms with Crippen molar-refractivity contribution in [1.29, 1.82) is 0 Å². The summed E-state index contributed by atoms with van der Waals surface area (Å²) in [6.07, 6.45) is 17.7. The zero-order valence-corrected chi connectivity index (χ0v) is 18.7. The van der Waals surface area contributed by atoms with Crippen LogP contribution in [0.25, 0.3) is 0 Å². The maximum Gasteiger partial charge on any atom is 0.0571 e. The maximum atomic E-state index is 10.4. The van der Waals surface area contributed by atoms with E-state index >= 15 is 0 Å². The van der Waals surface area contributed by atoms with Gasteiger partial charge in [0.15, 0.2) is 0 Å². The minimum atomic E-state index is -0.0639. The zero-order chi connectivity index (χ0) is 20.6. The molecule has 28 heavy (non-hydrogen) atoms. The number of benzene rings is 1. The van der Waals surface area contributed by atoms with Crippen LogP contribution in [0.1, 0.15) is 90.5 Å². The molecule has 1 aliphatic rings. The van der Waals surface area contributed by atoms with Crippen LogP contribution < -0.4 is 0 Å². The second-order valence-corrected chi connectivity index (χ2v) is 8.21. The molecule has 3 atom stereocenters. The fourth-order valence-corrected chi connectivity index (χ4v) is 4.29. The van der Waals surface area contributed by atoms with Gasteiger partial charge in [0.05, 0.1) is 6.10 Å². The van der Waals surface area contributed by atoms with Gasteiger partial charge in [0.1, 0.15) is 0 Å². The molecule has 0 aromatic heterocycles. The van der Waals surface area contributed by atoms with Crippen LogP contribution in [0.5, 0.6) is 0 Å². The fraction of sp³-hybridized carbons (Fsp3) is 0.630. The highest BCUT2D eigenvalue weighted by molar-refractivity contribution is 5.14. The second kappa shape index (κ2) is 15.6. The minimum Gasteiger partial charge on any atom is -0.393 e. The van der Waals surface area contributed by atoms with Crippen LogP contribution in [0.4, 0.5) is 0 Å². The summed E-state index contributed by atoms with van der Waals surface area (Å²) in [4.78, 5) is 0. The minimum absolute atomic E-state index is 0.0639. The summed E-state index contributed by atoms with van der Waals surface area (Å²) in [5.41, 5.74) is 2.73. The van der Waals surface area contributed by atoms with Crippen molar-refractivity contribution in [2.24, 2.45) is 11.8 Å². The number of aliphatic hydroxyl groups is 1. The molecule has 1 aliphatic carbocycles. The van der Waals surface area contributed by atoms with Crippen LogP contribution in [0, 0.1) is 11.8 Å². The van der Waals surface area contributed by atoms with Gasteiger partial charge in [0, 0.05) is 0 Å². The smallest absolute Gasteiger partial charge is 0.0571 e. The third kappa shape index (κ3) is 10.3. The molecular weight excluding hydrogens is 340 g/mol. The maximum absolute atomic E-state index is 10.4. The third-order valence-corrected chi connectivity index (χ3v) is 5.86. The predicted octanol–water partition coefficient (Wildman–Crippen LogP) is 7.90. The van der Waals surface area contributed by atoms with E-state index < -0.39 is 0 Å². The van der Waals surface area contributed by atoms with E-state index in [0.717, 1.165) is 25.7 Å². The topological polar surface area (TPSA) is 20.2 Å². The molecule has 1 aromatic rings. The highest BCUT2D eigenvalue weighted by Gasteiger charge is 2.33. The number of hydrogen-bond acceptors (Lipinski definition) is 1. The Kier molecular flexibility index (Phi) is 13.7. The summed E-state index contributed by atoms with van der Waals surface area (Å²) in [7, 11) is 0. The Morgan fingerprint density at radius 1 is 1.04 bits per heavy atom. The van der Waals surface area contributed by atoms with Crippen molar-refractivity contribution in [3.63, 3.8) is 0 Å². The van der Waals surface area contributed by atoms with Gasteiger partial charge in [-0.25, -0.2) is 0 Å². The SMILES string of the molecule is C=C(C)CCC/C=C\C[C@H]1CC[C@@H](O)C1CCCCCc1ccccc1.CC. The molecule has 1 saturated carbocycles. The molecule has 1 aromatic carbocycles. The quantitative estimate of drug-likeness (QED) is 0.287. The summed E-state index contributed by atoms with van der Waals surface area (Å²) in [6, 6.07) is 10.8. The van der Waals surface area contributed by atoms with Gasteiger partial charge in [-0.15, -0.1) is 6.58 Å². The van der Waals surface area contributed by atoms with E-state index in [0.29, 0.717) is 11.8 Å². The molecule has 1 N–H and O–H groups in total. The number of aryl methyl sites for hydroxylation is 1. The van der Waals surface area contributed by atoms with Crippen LogP contribution in [0.15, 0.2) is 54.6 Å². The first-order valence-corrected chi connectivity index (χ1v) is 11.7. The molecule has 1 fully saturated rings. The molecule has 0 spiro atoms. The van der Waals surface area contributed by atoms with Gasteiger partial charge < -0.3 is 5.11 Å². The summed E-state index contributed by atoms with van der Waals surface area (Å²) >= 11 is 0. The second-order valence-electron chi connectivity index (χ2n) is 8.21. The number of aliphatic hydroxyl groups excluding tert-OH is 1.